The van der Waals surface area contributed by atoms with Gasteiger partial charge in [0, 0.05) is 60.6 Å². The fourth-order valence-corrected chi connectivity index (χ4v) is 3.84. The molecule has 6 heteroatoms. The number of rotatable bonds is 5. The Bertz CT molecular complexity index is 999. The van der Waals surface area contributed by atoms with E-state index in [1.54, 1.807) is 12.1 Å². The Labute approximate surface area is 171 Å². The van der Waals surface area contributed by atoms with Crippen molar-refractivity contribution in [3.63, 3.8) is 0 Å². The minimum Gasteiger partial charge on any atom is -0.377 e. The molecule has 0 unspecified atom stereocenters. The summed E-state index contributed by atoms with van der Waals surface area (Å²) in [5, 5.41) is 4.42. The molecule has 2 aromatic rings. The van der Waals surface area contributed by atoms with Gasteiger partial charge in [0.2, 0.25) is 5.91 Å². The van der Waals surface area contributed by atoms with Crippen LogP contribution in [0, 0.1) is 5.41 Å². The molecule has 0 aromatic heterocycles. The van der Waals surface area contributed by atoms with E-state index in [2.05, 4.69) is 5.32 Å². The largest absolute Gasteiger partial charge is 0.377 e. The Morgan fingerprint density at radius 1 is 1.00 bits per heavy atom. The highest BCUT2D eigenvalue weighted by molar-refractivity contribution is 6.27. The Hall–Kier alpha value is -2.89. The molecule has 0 spiro atoms. The predicted molar refractivity (Wildman–Crippen MR) is 115 cm³/mol. The van der Waals surface area contributed by atoms with Crippen LogP contribution in [0.2, 0.25) is 0 Å². The van der Waals surface area contributed by atoms with E-state index >= 15 is 0 Å². The summed E-state index contributed by atoms with van der Waals surface area (Å²) in [6.45, 7) is 9.47. The van der Waals surface area contributed by atoms with Crippen LogP contribution < -0.4 is 10.2 Å². The Kier molecular flexibility index (Phi) is 4.93. The van der Waals surface area contributed by atoms with Crippen molar-refractivity contribution in [2.45, 2.75) is 40.2 Å². The van der Waals surface area contributed by atoms with E-state index in [0.29, 0.717) is 23.1 Å². The highest BCUT2D eigenvalue weighted by atomic mass is 16.2. The van der Waals surface area contributed by atoms with Gasteiger partial charge in [-0.15, -0.1) is 0 Å². The van der Waals surface area contributed by atoms with Crippen LogP contribution >= 0.6 is 0 Å². The molecule has 29 heavy (non-hydrogen) atoms. The van der Waals surface area contributed by atoms with Gasteiger partial charge in [0.1, 0.15) is 0 Å². The summed E-state index contributed by atoms with van der Waals surface area (Å²) in [7, 11) is 3.88. The summed E-state index contributed by atoms with van der Waals surface area (Å²) in [6.07, 6.45) is 0. The van der Waals surface area contributed by atoms with Gasteiger partial charge in [-0.25, -0.2) is 0 Å². The lowest BCUT2D eigenvalue weighted by atomic mass is 9.72. The number of carbonyl (C=O) groups is 3. The molecule has 0 saturated carbocycles. The zero-order chi connectivity index (χ0) is 21.7. The van der Waals surface area contributed by atoms with Gasteiger partial charge in [-0.2, -0.15) is 0 Å². The molecular weight excluding hydrogens is 366 g/mol. The molecule has 1 aliphatic heterocycles. The number of nitrogens with zero attached hydrogens (tertiary/aromatic N) is 2. The van der Waals surface area contributed by atoms with E-state index in [1.807, 2.05) is 64.9 Å². The first-order valence-electron chi connectivity index (χ1n) is 9.76. The summed E-state index contributed by atoms with van der Waals surface area (Å²) in [4.78, 5) is 41.8. The monoisotopic (exact) mass is 395 g/mol. The van der Waals surface area contributed by atoms with E-state index in [4.69, 9.17) is 0 Å². The van der Waals surface area contributed by atoms with Crippen molar-refractivity contribution in [1.82, 2.24) is 10.2 Å². The molecule has 6 nitrogen and oxygen atoms in total. The first-order chi connectivity index (χ1) is 13.4. The fraction of sp³-hybridized carbons (Fsp3) is 0.435. The van der Waals surface area contributed by atoms with Gasteiger partial charge >= 0.3 is 0 Å². The Morgan fingerprint density at radius 3 is 2.14 bits per heavy atom. The smallest absolute Gasteiger partial charge is 0.261 e. The highest BCUT2D eigenvalue weighted by Gasteiger charge is 2.49. The van der Waals surface area contributed by atoms with Crippen molar-refractivity contribution >= 4 is 34.2 Å². The molecule has 0 bridgehead atoms. The van der Waals surface area contributed by atoms with Crippen molar-refractivity contribution < 1.29 is 14.4 Å². The number of amides is 3. The molecule has 0 saturated heterocycles. The molecule has 154 valence electrons. The molecule has 1 N–H and O–H groups in total. The summed E-state index contributed by atoms with van der Waals surface area (Å²) in [5.41, 5.74) is 0.654. The fourth-order valence-electron chi connectivity index (χ4n) is 3.84. The van der Waals surface area contributed by atoms with Gasteiger partial charge in [-0.3, -0.25) is 19.3 Å². The molecule has 3 amide bonds. The second-order valence-electron chi connectivity index (χ2n) is 9.05. The molecule has 3 rings (SSSR count). The number of nitrogens with one attached hydrogen (secondary N) is 1. The number of hydrogen-bond donors (Lipinski definition) is 1. The van der Waals surface area contributed by atoms with Crippen LogP contribution in [-0.4, -0.2) is 48.8 Å². The molecule has 1 aliphatic rings. The minimum atomic E-state index is -0.830. The van der Waals surface area contributed by atoms with Crippen molar-refractivity contribution in [1.29, 1.82) is 0 Å². The van der Waals surface area contributed by atoms with Crippen LogP contribution in [0.1, 0.15) is 55.3 Å². The van der Waals surface area contributed by atoms with Crippen LogP contribution in [0.4, 0.5) is 5.69 Å². The number of anilines is 1. The van der Waals surface area contributed by atoms with E-state index in [9.17, 15) is 14.4 Å². The summed E-state index contributed by atoms with van der Waals surface area (Å²) < 4.78 is 0. The third kappa shape index (κ3) is 3.16. The molecule has 1 heterocycles. The Morgan fingerprint density at radius 2 is 1.59 bits per heavy atom. The average Bonchev–Trinajstić information content (AvgIpc) is 2.63. The van der Waals surface area contributed by atoms with Crippen molar-refractivity contribution in [2.75, 3.05) is 25.5 Å². The van der Waals surface area contributed by atoms with Crippen molar-refractivity contribution in [3.8, 4) is 0 Å². The zero-order valence-electron chi connectivity index (χ0n) is 18.2. The van der Waals surface area contributed by atoms with Crippen LogP contribution in [0.25, 0.3) is 10.8 Å². The lowest BCUT2D eigenvalue weighted by Crippen LogP contribution is -2.62. The van der Waals surface area contributed by atoms with Gasteiger partial charge < -0.3 is 10.2 Å². The SMILES string of the molecule is CC(=O)NCC(C)(C)C(C)(C)N1C(=O)c2cccc3c(N(C)C)ccc(c23)C1=O. The maximum Gasteiger partial charge on any atom is 0.261 e. The maximum atomic E-state index is 13.5. The Balaban J connectivity index is 2.16. The number of hydrogen-bond acceptors (Lipinski definition) is 4. The van der Waals surface area contributed by atoms with Crippen LogP contribution in [0.3, 0.4) is 0 Å². The quantitative estimate of drug-likeness (QED) is 0.788. The number of imide groups is 1. The highest BCUT2D eigenvalue weighted by Crippen LogP contribution is 2.42. The molecular formula is C23H29N3O3. The normalized spacial score (nSPS) is 14.4. The third-order valence-electron chi connectivity index (χ3n) is 6.36. The minimum absolute atomic E-state index is 0.142. The predicted octanol–water partition coefficient (Wildman–Crippen LogP) is 3.44. The van der Waals surface area contributed by atoms with E-state index < -0.39 is 11.0 Å². The van der Waals surface area contributed by atoms with Gasteiger partial charge in [-0.1, -0.05) is 26.0 Å². The second kappa shape index (κ2) is 6.87. The summed E-state index contributed by atoms with van der Waals surface area (Å²) in [5.74, 6) is -0.744. The second-order valence-corrected chi connectivity index (χ2v) is 9.05. The number of benzene rings is 2. The van der Waals surface area contributed by atoms with Crippen molar-refractivity contribution in [2.24, 2.45) is 5.41 Å². The lowest BCUT2D eigenvalue weighted by molar-refractivity contribution is -0.119. The van der Waals surface area contributed by atoms with Crippen LogP contribution in [0.15, 0.2) is 30.3 Å². The summed E-state index contributed by atoms with van der Waals surface area (Å²) in [6, 6.07) is 9.31. The molecule has 0 atom stereocenters. The molecule has 0 aliphatic carbocycles. The van der Waals surface area contributed by atoms with Crippen molar-refractivity contribution in [3.05, 3.63) is 41.5 Å². The summed E-state index contributed by atoms with van der Waals surface area (Å²) >= 11 is 0. The first-order valence-corrected chi connectivity index (χ1v) is 9.76. The average molecular weight is 396 g/mol. The van der Waals surface area contributed by atoms with E-state index in [1.165, 1.54) is 11.8 Å². The van der Waals surface area contributed by atoms with Gasteiger partial charge in [0.15, 0.2) is 0 Å². The van der Waals surface area contributed by atoms with Crippen LogP contribution in [-0.2, 0) is 4.79 Å². The van der Waals surface area contributed by atoms with Gasteiger partial charge in [0.25, 0.3) is 11.8 Å². The van der Waals surface area contributed by atoms with Crippen LogP contribution in [0.5, 0.6) is 0 Å². The van der Waals surface area contributed by atoms with Gasteiger partial charge in [-0.05, 0) is 32.0 Å². The molecule has 0 radical (unpaired) electrons. The van der Waals surface area contributed by atoms with Gasteiger partial charge in [0.05, 0.1) is 5.54 Å². The maximum absolute atomic E-state index is 13.5. The third-order valence-corrected chi connectivity index (χ3v) is 6.36. The van der Waals surface area contributed by atoms with E-state index in [0.717, 1.165) is 11.1 Å². The standard InChI is InChI=1S/C23H29N3O3/c1-14(27)24-13-22(2,3)23(4,5)26-20(28)16-10-8-9-15-18(25(6)7)12-11-17(19(15)16)21(26)29/h8-12H,13H2,1-7H3,(H,24,27). The topological polar surface area (TPSA) is 69.7 Å². The zero-order valence-corrected chi connectivity index (χ0v) is 18.2. The number of carbonyl (C=O) groups excluding carboxylic acids is 3. The first kappa shape index (κ1) is 20.8. The lowest BCUT2D eigenvalue weighted by Gasteiger charge is -2.49. The molecule has 2 aromatic carbocycles. The molecule has 0 fully saturated rings. The van der Waals surface area contributed by atoms with E-state index in [-0.39, 0.29) is 17.7 Å².